The van der Waals surface area contributed by atoms with E-state index in [-0.39, 0.29) is 30.4 Å². The monoisotopic (exact) mass is 399 g/mol. The number of nitrogens with zero attached hydrogens (tertiary/aromatic N) is 2. The van der Waals surface area contributed by atoms with E-state index in [4.69, 9.17) is 4.42 Å². The number of anilines is 1. The van der Waals surface area contributed by atoms with E-state index in [0.717, 1.165) is 54.7 Å². The summed E-state index contributed by atoms with van der Waals surface area (Å²) in [4.78, 5) is 17.2. The van der Waals surface area contributed by atoms with Gasteiger partial charge in [-0.15, -0.1) is 24.8 Å². The van der Waals surface area contributed by atoms with Crippen LogP contribution in [0, 0.1) is 6.92 Å². The van der Waals surface area contributed by atoms with E-state index in [1.165, 1.54) is 11.3 Å². The lowest BCUT2D eigenvalue weighted by Crippen LogP contribution is -2.50. The Balaban J connectivity index is 0.00000121. The largest absolute Gasteiger partial charge is 0.422 e. The third-order valence-electron chi connectivity index (χ3n) is 5.66. The number of hydrogen-bond acceptors (Lipinski definition) is 5. The molecule has 1 N–H and O–H groups in total. The fraction of sp³-hybridized carbons (Fsp3) is 0.526. The van der Waals surface area contributed by atoms with E-state index < -0.39 is 0 Å². The van der Waals surface area contributed by atoms with Crippen molar-refractivity contribution >= 4 is 41.5 Å². The Bertz CT molecular complexity index is 853. The summed E-state index contributed by atoms with van der Waals surface area (Å²) in [7, 11) is 2.18. The number of benzene rings is 1. The minimum Gasteiger partial charge on any atom is -0.422 e. The van der Waals surface area contributed by atoms with Crippen LogP contribution in [0.4, 0.5) is 5.69 Å². The maximum Gasteiger partial charge on any atom is 0.341 e. The van der Waals surface area contributed by atoms with E-state index in [2.05, 4.69) is 48.1 Å². The van der Waals surface area contributed by atoms with Crippen LogP contribution in [-0.4, -0.2) is 44.2 Å². The molecule has 1 fully saturated rings. The van der Waals surface area contributed by atoms with Gasteiger partial charge in [-0.25, -0.2) is 4.79 Å². The Labute approximate surface area is 166 Å². The second-order valence-electron chi connectivity index (χ2n) is 7.14. The highest BCUT2D eigenvalue weighted by atomic mass is 35.5. The molecule has 1 aromatic carbocycles. The van der Waals surface area contributed by atoms with Gasteiger partial charge in [0.15, 0.2) is 0 Å². The standard InChI is InChI=1S/C19H25N3O2.2ClH/c1-12-11-22(9-8-21(12)3)17-5-4-15-14-6-7-20-10-16(14)19(23)24-18(15)13(17)2;;/h4-5,12,20H,6-11H2,1-3H3;2*1H/t12-;;/m0../s1. The molecule has 3 heterocycles. The van der Waals surface area contributed by atoms with Crippen LogP contribution >= 0.6 is 24.8 Å². The molecule has 7 heteroatoms. The molecule has 2 aliphatic rings. The van der Waals surface area contributed by atoms with Gasteiger partial charge in [0.1, 0.15) is 5.58 Å². The molecule has 0 spiro atoms. The Morgan fingerprint density at radius 3 is 2.69 bits per heavy atom. The normalized spacial score (nSPS) is 20.3. The first-order chi connectivity index (χ1) is 11.6. The third kappa shape index (κ3) is 3.46. The lowest BCUT2D eigenvalue weighted by Gasteiger charge is -2.39. The fourth-order valence-electron chi connectivity index (χ4n) is 3.99. The van der Waals surface area contributed by atoms with Crippen LogP contribution in [0.1, 0.15) is 23.6 Å². The molecule has 4 rings (SSSR count). The van der Waals surface area contributed by atoms with Crippen molar-refractivity contribution in [1.82, 2.24) is 10.2 Å². The molecule has 2 aliphatic heterocycles. The summed E-state index contributed by atoms with van der Waals surface area (Å²) in [6, 6.07) is 4.88. The van der Waals surface area contributed by atoms with Crippen molar-refractivity contribution in [2.24, 2.45) is 0 Å². The molecule has 26 heavy (non-hydrogen) atoms. The average molecular weight is 400 g/mol. The number of nitrogens with one attached hydrogen (secondary N) is 1. The molecule has 0 amide bonds. The SMILES string of the molecule is Cc1c(N2CCN(C)[C@@H](C)C2)ccc2c3c(c(=O)oc12)CNCC3.Cl.Cl. The average Bonchev–Trinajstić information content (AvgIpc) is 2.59. The lowest BCUT2D eigenvalue weighted by atomic mass is 9.96. The fourth-order valence-corrected chi connectivity index (χ4v) is 3.99. The van der Waals surface area contributed by atoms with Gasteiger partial charge in [-0.2, -0.15) is 0 Å². The molecule has 1 aromatic heterocycles. The summed E-state index contributed by atoms with van der Waals surface area (Å²) in [5.41, 5.74) is 4.83. The van der Waals surface area contributed by atoms with Crippen molar-refractivity contribution in [1.29, 1.82) is 0 Å². The first-order valence-corrected chi connectivity index (χ1v) is 8.80. The third-order valence-corrected chi connectivity index (χ3v) is 5.66. The van der Waals surface area contributed by atoms with Crippen LogP contribution in [0.3, 0.4) is 0 Å². The smallest absolute Gasteiger partial charge is 0.341 e. The number of hydrogen-bond donors (Lipinski definition) is 1. The van der Waals surface area contributed by atoms with Gasteiger partial charge in [-0.1, -0.05) is 0 Å². The zero-order valence-electron chi connectivity index (χ0n) is 15.5. The summed E-state index contributed by atoms with van der Waals surface area (Å²) in [6.07, 6.45) is 0.891. The predicted octanol–water partition coefficient (Wildman–Crippen LogP) is 2.73. The van der Waals surface area contributed by atoms with Crippen molar-refractivity contribution in [3.05, 3.63) is 39.2 Å². The molecule has 0 saturated carbocycles. The first kappa shape index (κ1) is 21.0. The number of fused-ring (bicyclic) bond motifs is 3. The van der Waals surface area contributed by atoms with E-state index in [0.29, 0.717) is 12.6 Å². The van der Waals surface area contributed by atoms with Gasteiger partial charge >= 0.3 is 5.63 Å². The topological polar surface area (TPSA) is 48.7 Å². The molecule has 0 bridgehead atoms. The first-order valence-electron chi connectivity index (χ1n) is 8.80. The van der Waals surface area contributed by atoms with Crippen molar-refractivity contribution < 1.29 is 4.42 Å². The van der Waals surface area contributed by atoms with Gasteiger partial charge in [0.05, 0.1) is 5.56 Å². The maximum atomic E-state index is 12.4. The zero-order chi connectivity index (χ0) is 16.8. The Morgan fingerprint density at radius 1 is 1.19 bits per heavy atom. The van der Waals surface area contributed by atoms with Crippen molar-refractivity contribution in [3.8, 4) is 0 Å². The number of likely N-dealkylation sites (N-methyl/N-ethyl adjacent to an activating group) is 1. The second kappa shape index (κ2) is 8.17. The molecule has 1 atom stereocenters. The summed E-state index contributed by atoms with van der Waals surface area (Å²) < 4.78 is 5.74. The molecule has 144 valence electrons. The van der Waals surface area contributed by atoms with E-state index in [9.17, 15) is 4.79 Å². The van der Waals surface area contributed by atoms with Crippen LogP contribution in [0.15, 0.2) is 21.3 Å². The Hall–Kier alpha value is -1.27. The van der Waals surface area contributed by atoms with Gasteiger partial charge in [-0.05, 0) is 51.6 Å². The van der Waals surface area contributed by atoms with Gasteiger partial charge in [0.25, 0.3) is 0 Å². The van der Waals surface area contributed by atoms with E-state index in [1.54, 1.807) is 0 Å². The zero-order valence-corrected chi connectivity index (χ0v) is 17.1. The Kier molecular flexibility index (Phi) is 6.61. The molecule has 1 saturated heterocycles. The summed E-state index contributed by atoms with van der Waals surface area (Å²) >= 11 is 0. The van der Waals surface area contributed by atoms with Crippen molar-refractivity contribution in [2.45, 2.75) is 32.9 Å². The van der Waals surface area contributed by atoms with Gasteiger partial charge in [0, 0.05) is 48.9 Å². The Morgan fingerprint density at radius 2 is 1.96 bits per heavy atom. The molecular formula is C19H27Cl2N3O2. The number of piperazine rings is 1. The van der Waals surface area contributed by atoms with Gasteiger partial charge in [-0.3, -0.25) is 0 Å². The second-order valence-corrected chi connectivity index (χ2v) is 7.14. The molecule has 0 unspecified atom stereocenters. The van der Waals surface area contributed by atoms with Gasteiger partial charge < -0.3 is 19.5 Å². The highest BCUT2D eigenvalue weighted by molar-refractivity contribution is 5.88. The van der Waals surface area contributed by atoms with Crippen LogP contribution in [-0.2, 0) is 13.0 Å². The summed E-state index contributed by atoms with van der Waals surface area (Å²) in [5.74, 6) is 0. The van der Waals surface area contributed by atoms with Crippen molar-refractivity contribution in [2.75, 3.05) is 38.1 Å². The maximum absolute atomic E-state index is 12.4. The quantitative estimate of drug-likeness (QED) is 0.746. The number of aryl methyl sites for hydroxylation is 1. The summed E-state index contributed by atoms with van der Waals surface area (Å²) in [6.45, 7) is 8.93. The molecule has 0 aliphatic carbocycles. The number of halogens is 2. The van der Waals surface area contributed by atoms with Gasteiger partial charge in [0.2, 0.25) is 0 Å². The molecular weight excluding hydrogens is 373 g/mol. The van der Waals surface area contributed by atoms with E-state index in [1.807, 2.05) is 0 Å². The minimum absolute atomic E-state index is 0. The lowest BCUT2D eigenvalue weighted by molar-refractivity contribution is 0.234. The minimum atomic E-state index is -0.184. The highest BCUT2D eigenvalue weighted by Crippen LogP contribution is 2.32. The molecule has 0 radical (unpaired) electrons. The van der Waals surface area contributed by atoms with Crippen LogP contribution in [0.25, 0.3) is 11.0 Å². The summed E-state index contributed by atoms with van der Waals surface area (Å²) in [5, 5.41) is 4.37. The molecule has 5 nitrogen and oxygen atoms in total. The highest BCUT2D eigenvalue weighted by Gasteiger charge is 2.24. The van der Waals surface area contributed by atoms with Crippen LogP contribution in [0.2, 0.25) is 0 Å². The van der Waals surface area contributed by atoms with Crippen LogP contribution in [0.5, 0.6) is 0 Å². The number of rotatable bonds is 1. The van der Waals surface area contributed by atoms with Crippen molar-refractivity contribution in [3.63, 3.8) is 0 Å². The van der Waals surface area contributed by atoms with Crippen LogP contribution < -0.4 is 15.8 Å². The molecule has 2 aromatic rings. The van der Waals surface area contributed by atoms with E-state index >= 15 is 0 Å². The predicted molar refractivity (Wildman–Crippen MR) is 111 cm³/mol.